The van der Waals surface area contributed by atoms with Crippen LogP contribution in [0, 0.1) is 0 Å². The third-order valence-corrected chi connectivity index (χ3v) is 5.49. The first kappa shape index (κ1) is 24.9. The molecule has 0 fully saturated rings. The Morgan fingerprint density at radius 2 is 1.33 bits per heavy atom. The minimum absolute atomic E-state index is 0.222. The average molecular weight is 508 g/mol. The highest BCUT2D eigenvalue weighted by atomic mass is 35.5. The van der Waals surface area contributed by atoms with E-state index in [4.69, 9.17) is 25.8 Å². The maximum atomic E-state index is 13.0. The van der Waals surface area contributed by atoms with Crippen LogP contribution in [0.5, 0.6) is 17.2 Å². The zero-order valence-electron chi connectivity index (χ0n) is 19.9. The summed E-state index contributed by atoms with van der Waals surface area (Å²) < 4.78 is 17.2. The van der Waals surface area contributed by atoms with Crippen molar-refractivity contribution in [1.82, 2.24) is 14.8 Å². The van der Waals surface area contributed by atoms with E-state index in [1.54, 1.807) is 38.5 Å². The molecule has 10 heteroatoms. The van der Waals surface area contributed by atoms with Crippen LogP contribution in [0.15, 0.2) is 72.8 Å². The highest BCUT2D eigenvalue weighted by Crippen LogP contribution is 2.18. The number of nitrogens with one attached hydrogen (secondary N) is 2. The number of methoxy groups -OCH3 is 2. The number of carbonyl (C=O) groups excluding carboxylic acids is 1. The lowest BCUT2D eigenvalue weighted by Gasteiger charge is -2.09. The zero-order chi connectivity index (χ0) is 25.3. The smallest absolute Gasteiger partial charge is 0.288 e. The summed E-state index contributed by atoms with van der Waals surface area (Å²) in [5.41, 5.74) is 2.00. The van der Waals surface area contributed by atoms with Crippen LogP contribution in [0.4, 0.5) is 11.9 Å². The number of nitrogens with zero attached hydrogens (tertiary/aromatic N) is 3. The third-order valence-electron chi connectivity index (χ3n) is 5.24. The molecule has 186 valence electrons. The lowest BCUT2D eigenvalue weighted by atomic mass is 10.2. The Morgan fingerprint density at radius 3 is 1.89 bits per heavy atom. The lowest BCUT2D eigenvalue weighted by molar-refractivity contribution is 0.0824. The molecule has 0 amide bonds. The first-order valence-electron chi connectivity index (χ1n) is 11.2. The van der Waals surface area contributed by atoms with Crippen LogP contribution in [0.3, 0.4) is 0 Å². The molecule has 1 heterocycles. The first-order chi connectivity index (χ1) is 17.5. The monoisotopic (exact) mass is 507 g/mol. The van der Waals surface area contributed by atoms with Gasteiger partial charge in [0.25, 0.3) is 5.91 Å². The molecule has 0 atom stereocenters. The summed E-state index contributed by atoms with van der Waals surface area (Å²) in [6, 6.07) is 22.0. The Balaban J connectivity index is 1.46. The molecule has 0 aliphatic carbocycles. The molecule has 0 spiro atoms. The number of benzene rings is 3. The topological polar surface area (TPSA) is 99.5 Å². The van der Waals surface area contributed by atoms with Crippen molar-refractivity contribution in [3.63, 3.8) is 0 Å². The van der Waals surface area contributed by atoms with E-state index in [0.29, 0.717) is 35.8 Å². The second-order valence-electron chi connectivity index (χ2n) is 7.71. The first-order valence-corrected chi connectivity index (χ1v) is 11.5. The fraction of sp³-hybridized carbons (Fsp3) is 0.192. The SMILES string of the molecule is COc1ccc(CNc2nc(NCc3ccc(OC)cc3)n(C(=O)COc3ccc(Cl)cc3)n2)cc1. The maximum absolute atomic E-state index is 13.0. The normalized spacial score (nSPS) is 10.5. The van der Waals surface area contributed by atoms with Gasteiger partial charge in [-0.25, -0.2) is 0 Å². The lowest BCUT2D eigenvalue weighted by Crippen LogP contribution is -2.22. The van der Waals surface area contributed by atoms with Gasteiger partial charge in [0.15, 0.2) is 6.61 Å². The average Bonchev–Trinajstić information content (AvgIpc) is 3.34. The van der Waals surface area contributed by atoms with Gasteiger partial charge >= 0.3 is 0 Å². The number of ether oxygens (including phenoxy) is 3. The highest BCUT2D eigenvalue weighted by Gasteiger charge is 2.17. The molecule has 1 aromatic heterocycles. The van der Waals surface area contributed by atoms with Crippen molar-refractivity contribution >= 4 is 29.4 Å². The Kier molecular flexibility index (Phi) is 8.25. The molecule has 4 aromatic rings. The fourth-order valence-electron chi connectivity index (χ4n) is 3.26. The highest BCUT2D eigenvalue weighted by molar-refractivity contribution is 6.30. The molecule has 4 rings (SSSR count). The largest absolute Gasteiger partial charge is 0.497 e. The van der Waals surface area contributed by atoms with Gasteiger partial charge in [0.1, 0.15) is 17.2 Å². The van der Waals surface area contributed by atoms with E-state index in [1.807, 2.05) is 48.5 Å². The van der Waals surface area contributed by atoms with Gasteiger partial charge in [0.2, 0.25) is 11.9 Å². The van der Waals surface area contributed by atoms with Crippen LogP contribution in [-0.2, 0) is 13.1 Å². The predicted molar refractivity (Wildman–Crippen MR) is 138 cm³/mol. The van der Waals surface area contributed by atoms with E-state index in [-0.39, 0.29) is 12.5 Å². The van der Waals surface area contributed by atoms with Crippen molar-refractivity contribution in [2.45, 2.75) is 13.1 Å². The fourth-order valence-corrected chi connectivity index (χ4v) is 3.39. The minimum atomic E-state index is -0.382. The summed E-state index contributed by atoms with van der Waals surface area (Å²) in [7, 11) is 3.24. The van der Waals surface area contributed by atoms with Crippen molar-refractivity contribution in [2.24, 2.45) is 0 Å². The van der Waals surface area contributed by atoms with Gasteiger partial charge in [-0.3, -0.25) is 4.79 Å². The molecule has 0 bridgehead atoms. The standard InChI is InChI=1S/C26H26ClN5O4/c1-34-21-9-3-18(4-10-21)15-28-25-30-26(29-16-19-5-11-22(35-2)12-6-19)32(31-25)24(33)17-36-23-13-7-20(27)8-14-23/h3-14H,15-17H2,1-2H3,(H2,28,29,30,31). The van der Waals surface area contributed by atoms with Gasteiger partial charge in [0, 0.05) is 18.1 Å². The molecular weight excluding hydrogens is 482 g/mol. The molecule has 0 aliphatic heterocycles. The van der Waals surface area contributed by atoms with Crippen LogP contribution in [0.25, 0.3) is 0 Å². The molecule has 0 radical (unpaired) electrons. The number of rotatable bonds is 11. The second-order valence-corrected chi connectivity index (χ2v) is 8.15. The zero-order valence-corrected chi connectivity index (χ0v) is 20.7. The Bertz CT molecular complexity index is 1280. The van der Waals surface area contributed by atoms with Crippen LogP contribution in [0.2, 0.25) is 5.02 Å². The van der Waals surface area contributed by atoms with Gasteiger partial charge in [-0.2, -0.15) is 9.67 Å². The van der Waals surface area contributed by atoms with Gasteiger partial charge in [-0.1, -0.05) is 35.9 Å². The molecule has 36 heavy (non-hydrogen) atoms. The summed E-state index contributed by atoms with van der Waals surface area (Å²) in [6.07, 6.45) is 0. The summed E-state index contributed by atoms with van der Waals surface area (Å²) in [5, 5.41) is 11.3. The van der Waals surface area contributed by atoms with E-state index in [9.17, 15) is 4.79 Å². The Labute approximate surface area is 214 Å². The van der Waals surface area contributed by atoms with Crippen molar-refractivity contribution in [3.8, 4) is 17.2 Å². The van der Waals surface area contributed by atoms with Gasteiger partial charge in [-0.05, 0) is 59.7 Å². The molecule has 2 N–H and O–H groups in total. The molecular formula is C26H26ClN5O4. The summed E-state index contributed by atoms with van der Waals surface area (Å²) in [4.78, 5) is 17.5. The quantitative estimate of drug-likeness (QED) is 0.296. The van der Waals surface area contributed by atoms with Crippen molar-refractivity contribution in [3.05, 3.63) is 88.9 Å². The van der Waals surface area contributed by atoms with Gasteiger partial charge in [0.05, 0.1) is 14.2 Å². The van der Waals surface area contributed by atoms with E-state index >= 15 is 0 Å². The second kappa shape index (κ2) is 11.9. The van der Waals surface area contributed by atoms with Gasteiger partial charge < -0.3 is 24.8 Å². The van der Waals surface area contributed by atoms with Crippen LogP contribution >= 0.6 is 11.6 Å². The van der Waals surface area contributed by atoms with E-state index in [0.717, 1.165) is 22.6 Å². The number of hydrogen-bond acceptors (Lipinski definition) is 8. The number of anilines is 2. The van der Waals surface area contributed by atoms with Gasteiger partial charge in [-0.15, -0.1) is 5.10 Å². The van der Waals surface area contributed by atoms with Crippen molar-refractivity contribution in [1.29, 1.82) is 0 Å². The molecule has 0 saturated carbocycles. The van der Waals surface area contributed by atoms with E-state index in [2.05, 4.69) is 20.7 Å². The van der Waals surface area contributed by atoms with Crippen LogP contribution < -0.4 is 24.8 Å². The number of aromatic nitrogens is 3. The molecule has 9 nitrogen and oxygen atoms in total. The van der Waals surface area contributed by atoms with Crippen LogP contribution in [0.1, 0.15) is 15.9 Å². The molecule has 0 unspecified atom stereocenters. The predicted octanol–water partition coefficient (Wildman–Crippen LogP) is 4.89. The Hall–Kier alpha value is -4.24. The van der Waals surface area contributed by atoms with E-state index < -0.39 is 0 Å². The summed E-state index contributed by atoms with van der Waals surface area (Å²) in [6.45, 7) is 0.688. The maximum Gasteiger partial charge on any atom is 0.288 e. The number of carbonyl (C=O) groups is 1. The molecule has 0 aliphatic rings. The Morgan fingerprint density at radius 1 is 0.806 bits per heavy atom. The van der Waals surface area contributed by atoms with E-state index in [1.165, 1.54) is 4.68 Å². The molecule has 0 saturated heterocycles. The molecule has 3 aromatic carbocycles. The summed E-state index contributed by atoms with van der Waals surface area (Å²) in [5.74, 6) is 2.29. The van der Waals surface area contributed by atoms with Crippen molar-refractivity contribution < 1.29 is 19.0 Å². The number of halogens is 1. The van der Waals surface area contributed by atoms with Crippen LogP contribution in [-0.4, -0.2) is 41.5 Å². The third kappa shape index (κ3) is 6.67. The summed E-state index contributed by atoms with van der Waals surface area (Å²) >= 11 is 5.91. The van der Waals surface area contributed by atoms with Crippen molar-refractivity contribution in [2.75, 3.05) is 31.5 Å². The minimum Gasteiger partial charge on any atom is -0.497 e. The number of hydrogen-bond donors (Lipinski definition) is 2.